The molecule has 0 spiro atoms. The van der Waals surface area contributed by atoms with Crippen molar-refractivity contribution in [3.8, 4) is 5.75 Å². The van der Waals surface area contributed by atoms with Crippen molar-refractivity contribution in [1.29, 1.82) is 0 Å². The summed E-state index contributed by atoms with van der Waals surface area (Å²) in [6.07, 6.45) is -1.45. The average molecular weight is 419 g/mol. The van der Waals surface area contributed by atoms with Gasteiger partial charge in [-0.3, -0.25) is 14.6 Å². The molecular formula is C20H19F2N3O5. The normalized spacial score (nSPS) is 12.2. The lowest BCUT2D eigenvalue weighted by atomic mass is 10.1. The van der Waals surface area contributed by atoms with E-state index in [1.54, 1.807) is 19.1 Å². The monoisotopic (exact) mass is 419 g/mol. The summed E-state index contributed by atoms with van der Waals surface area (Å²) in [5.41, 5.74) is 5.54. The molecule has 30 heavy (non-hydrogen) atoms. The summed E-state index contributed by atoms with van der Waals surface area (Å²) in [5.74, 6) is -0.941. The molecule has 0 saturated carbocycles. The third-order valence-corrected chi connectivity index (χ3v) is 4.42. The number of nitrogens with zero attached hydrogens (tertiary/aromatic N) is 1. The van der Waals surface area contributed by atoms with E-state index in [0.717, 1.165) is 0 Å². The Balaban J connectivity index is 1.86. The van der Waals surface area contributed by atoms with Crippen LogP contribution in [0.15, 0.2) is 40.9 Å². The number of aliphatic hydroxyl groups is 1. The van der Waals surface area contributed by atoms with Gasteiger partial charge in [0, 0.05) is 17.1 Å². The number of fused-ring (bicyclic) bond motifs is 1. The van der Waals surface area contributed by atoms with Gasteiger partial charge in [-0.1, -0.05) is 6.07 Å². The first-order valence-corrected chi connectivity index (χ1v) is 8.90. The molecule has 3 aromatic rings. The Morgan fingerprint density at radius 3 is 2.77 bits per heavy atom. The highest BCUT2D eigenvalue weighted by Gasteiger charge is 2.23. The van der Waals surface area contributed by atoms with Gasteiger partial charge in [-0.2, -0.15) is 0 Å². The number of carbonyl (C=O) groups excluding carboxylic acids is 2. The topological polar surface area (TPSA) is 128 Å². The zero-order valence-corrected chi connectivity index (χ0v) is 15.9. The number of aryl methyl sites for hydroxylation is 1. The second-order valence-electron chi connectivity index (χ2n) is 6.44. The van der Waals surface area contributed by atoms with Crippen molar-refractivity contribution >= 4 is 22.8 Å². The van der Waals surface area contributed by atoms with Crippen molar-refractivity contribution < 1.29 is 32.6 Å². The summed E-state index contributed by atoms with van der Waals surface area (Å²) in [6, 6.07) is 6.45. The van der Waals surface area contributed by atoms with Crippen molar-refractivity contribution in [2.75, 3.05) is 6.61 Å². The fraction of sp³-hybridized carbons (Fsp3) is 0.250. The molecule has 0 aliphatic heterocycles. The molecule has 0 bridgehead atoms. The van der Waals surface area contributed by atoms with E-state index in [0.29, 0.717) is 16.7 Å². The summed E-state index contributed by atoms with van der Waals surface area (Å²) >= 11 is 0. The molecule has 2 amide bonds. The van der Waals surface area contributed by atoms with E-state index in [2.05, 4.69) is 10.3 Å². The number of nitrogens with two attached hydrogens (primary N) is 1. The largest absolute Gasteiger partial charge is 0.489 e. The molecule has 1 atom stereocenters. The maximum atomic E-state index is 13.1. The minimum atomic E-state index is -2.73. The first-order chi connectivity index (χ1) is 14.3. The minimum Gasteiger partial charge on any atom is -0.489 e. The van der Waals surface area contributed by atoms with Crippen LogP contribution < -0.4 is 15.8 Å². The van der Waals surface area contributed by atoms with E-state index >= 15 is 0 Å². The molecule has 158 valence electrons. The zero-order chi connectivity index (χ0) is 21.8. The van der Waals surface area contributed by atoms with Crippen LogP contribution in [-0.4, -0.2) is 34.6 Å². The molecule has 1 aromatic carbocycles. The minimum absolute atomic E-state index is 0.143. The Kier molecular flexibility index (Phi) is 6.26. The van der Waals surface area contributed by atoms with E-state index < -0.39 is 30.9 Å². The lowest BCUT2D eigenvalue weighted by molar-refractivity contribution is -0.120. The zero-order valence-electron chi connectivity index (χ0n) is 15.9. The summed E-state index contributed by atoms with van der Waals surface area (Å²) < 4.78 is 37.3. The van der Waals surface area contributed by atoms with Crippen LogP contribution in [0.3, 0.4) is 0 Å². The highest BCUT2D eigenvalue weighted by atomic mass is 19.3. The number of aliphatic hydroxyl groups excluding tert-OH is 1. The number of ether oxygens (including phenoxy) is 1. The van der Waals surface area contributed by atoms with E-state index in [9.17, 15) is 23.5 Å². The number of hydrogen-bond donors (Lipinski definition) is 3. The fourth-order valence-electron chi connectivity index (χ4n) is 2.94. The smallest absolute Gasteiger partial charge is 0.280 e. The van der Waals surface area contributed by atoms with Crippen LogP contribution in [0.25, 0.3) is 11.0 Å². The number of carbonyl (C=O) groups is 2. The lowest BCUT2D eigenvalue weighted by Gasteiger charge is -2.12. The summed E-state index contributed by atoms with van der Waals surface area (Å²) in [7, 11) is 0. The Labute approximate surface area is 169 Å². The van der Waals surface area contributed by atoms with Gasteiger partial charge in [0.25, 0.3) is 12.3 Å². The number of aromatic nitrogens is 1. The molecule has 4 N–H and O–H groups in total. The highest BCUT2D eigenvalue weighted by molar-refractivity contribution is 6.08. The van der Waals surface area contributed by atoms with E-state index in [-0.39, 0.29) is 29.2 Å². The number of nitrogens with one attached hydrogen (secondary N) is 1. The van der Waals surface area contributed by atoms with Gasteiger partial charge in [-0.25, -0.2) is 8.78 Å². The van der Waals surface area contributed by atoms with Crippen LogP contribution in [0.1, 0.15) is 33.8 Å². The van der Waals surface area contributed by atoms with Crippen molar-refractivity contribution in [2.45, 2.75) is 26.0 Å². The quantitative estimate of drug-likeness (QED) is 0.514. The van der Waals surface area contributed by atoms with Crippen LogP contribution in [0, 0.1) is 6.92 Å². The van der Waals surface area contributed by atoms with Gasteiger partial charge in [0.2, 0.25) is 5.91 Å². The summed E-state index contributed by atoms with van der Waals surface area (Å²) in [5, 5.41) is 11.9. The second kappa shape index (κ2) is 8.87. The molecule has 0 radical (unpaired) electrons. The van der Waals surface area contributed by atoms with Gasteiger partial charge < -0.3 is 25.3 Å². The number of pyridine rings is 1. The molecule has 0 aliphatic rings. The molecule has 0 saturated heterocycles. The molecule has 0 fully saturated rings. The lowest BCUT2D eigenvalue weighted by Crippen LogP contribution is -2.46. The molecule has 2 heterocycles. The van der Waals surface area contributed by atoms with Crippen LogP contribution in [-0.2, 0) is 11.4 Å². The first-order valence-electron chi connectivity index (χ1n) is 8.90. The number of hydrogen-bond acceptors (Lipinski definition) is 6. The van der Waals surface area contributed by atoms with Crippen LogP contribution in [0.2, 0.25) is 0 Å². The van der Waals surface area contributed by atoms with Crippen molar-refractivity contribution in [3.63, 3.8) is 0 Å². The third-order valence-electron chi connectivity index (χ3n) is 4.42. The molecule has 2 aromatic heterocycles. The van der Waals surface area contributed by atoms with Gasteiger partial charge in [-0.05, 0) is 31.2 Å². The van der Waals surface area contributed by atoms with Gasteiger partial charge in [0.1, 0.15) is 35.4 Å². The van der Waals surface area contributed by atoms with Gasteiger partial charge in [0.05, 0.1) is 12.2 Å². The van der Waals surface area contributed by atoms with E-state index in [1.807, 2.05) is 0 Å². The van der Waals surface area contributed by atoms with Gasteiger partial charge in [-0.15, -0.1) is 0 Å². The number of amides is 2. The molecule has 8 nitrogen and oxygen atoms in total. The highest BCUT2D eigenvalue weighted by Crippen LogP contribution is 2.30. The predicted octanol–water partition coefficient (Wildman–Crippen LogP) is 2.23. The van der Waals surface area contributed by atoms with Gasteiger partial charge in [0.15, 0.2) is 0 Å². The number of benzene rings is 1. The Morgan fingerprint density at radius 1 is 1.33 bits per heavy atom. The molecular weight excluding hydrogens is 400 g/mol. The van der Waals surface area contributed by atoms with Crippen molar-refractivity contribution in [2.24, 2.45) is 5.73 Å². The standard InChI is InChI=1S/C20H19F2N3O5/c1-10-16(20(28)25-14(8-26)19(23)27)13-7-12(4-5-15(13)30-10)29-9-11-3-2-6-24-17(11)18(21)22/h2-7,14,18,26H,8-9H2,1H3,(H2,23,27)(H,25,28)/t14-/m0/s1. The summed E-state index contributed by atoms with van der Waals surface area (Å²) in [4.78, 5) is 27.6. The number of alkyl halides is 2. The van der Waals surface area contributed by atoms with Crippen LogP contribution >= 0.6 is 0 Å². The Morgan fingerprint density at radius 2 is 2.10 bits per heavy atom. The Hall–Kier alpha value is -3.53. The second-order valence-corrected chi connectivity index (χ2v) is 6.44. The third kappa shape index (κ3) is 4.38. The average Bonchev–Trinajstić information content (AvgIpc) is 3.05. The van der Waals surface area contributed by atoms with Crippen LogP contribution in [0.5, 0.6) is 5.75 Å². The van der Waals surface area contributed by atoms with E-state index in [4.69, 9.17) is 14.9 Å². The maximum Gasteiger partial charge on any atom is 0.280 e. The fourth-order valence-corrected chi connectivity index (χ4v) is 2.94. The number of rotatable bonds is 8. The van der Waals surface area contributed by atoms with Crippen molar-refractivity contribution in [1.82, 2.24) is 10.3 Å². The number of halogens is 2. The molecule has 0 aliphatic carbocycles. The predicted molar refractivity (Wildman–Crippen MR) is 102 cm³/mol. The molecule has 0 unspecified atom stereocenters. The number of primary amides is 1. The first kappa shape index (κ1) is 21.2. The maximum absolute atomic E-state index is 13.1. The SMILES string of the molecule is Cc1oc2ccc(OCc3cccnc3C(F)F)cc2c1C(=O)N[C@@H](CO)C(N)=O. The van der Waals surface area contributed by atoms with Crippen LogP contribution in [0.4, 0.5) is 8.78 Å². The van der Waals surface area contributed by atoms with Gasteiger partial charge >= 0.3 is 0 Å². The molecule has 10 heteroatoms. The summed E-state index contributed by atoms with van der Waals surface area (Å²) in [6.45, 7) is 0.770. The molecule has 3 rings (SSSR count). The van der Waals surface area contributed by atoms with E-state index in [1.165, 1.54) is 24.4 Å². The number of furan rings is 1. The van der Waals surface area contributed by atoms with Crippen molar-refractivity contribution in [3.05, 3.63) is 59.1 Å². The Bertz CT molecular complexity index is 1080.